The molecule has 16 heavy (non-hydrogen) atoms. The topological polar surface area (TPSA) is 98.6 Å². The fourth-order valence-corrected chi connectivity index (χ4v) is 1.49. The number of aromatic hydroxyl groups is 1. The molecule has 0 aliphatic heterocycles. The quantitative estimate of drug-likeness (QED) is 0.401. The van der Waals surface area contributed by atoms with Crippen LogP contribution >= 0.6 is 0 Å². The molecule has 5 nitrogen and oxygen atoms in total. The lowest BCUT2D eigenvalue weighted by molar-refractivity contribution is -0.141. The molecule has 0 radical (unpaired) electrons. The molecule has 5 N–H and O–H groups in total. The maximum Gasteiger partial charge on any atom is 0.307 e. The molecule has 0 fully saturated rings. The number of hydrogen-bond acceptors (Lipinski definition) is 5. The number of ether oxygens (including phenoxy) is 1. The third-order valence-corrected chi connectivity index (χ3v) is 2.33. The molecule has 0 aromatic heterocycles. The summed E-state index contributed by atoms with van der Waals surface area (Å²) >= 11 is 0. The Morgan fingerprint density at radius 3 is 2.75 bits per heavy atom. The Labute approximate surface area is 94.0 Å². The zero-order valence-corrected chi connectivity index (χ0v) is 9.36. The van der Waals surface area contributed by atoms with Gasteiger partial charge in [0.1, 0.15) is 5.75 Å². The Balaban J connectivity index is 2.99. The Kier molecular flexibility index (Phi) is 3.73. The van der Waals surface area contributed by atoms with Gasteiger partial charge in [-0.15, -0.1) is 0 Å². The van der Waals surface area contributed by atoms with Crippen LogP contribution in [0, 0.1) is 6.92 Å². The van der Waals surface area contributed by atoms with Crippen LogP contribution < -0.4 is 11.5 Å². The molecule has 0 saturated heterocycles. The molecule has 0 amide bonds. The van der Waals surface area contributed by atoms with Gasteiger partial charge in [-0.25, -0.2) is 0 Å². The molecule has 0 aliphatic carbocycles. The first-order valence-corrected chi connectivity index (χ1v) is 4.87. The summed E-state index contributed by atoms with van der Waals surface area (Å²) in [5.74, 6) is -0.492. The number of carbonyl (C=O) groups is 1. The van der Waals surface area contributed by atoms with Crippen molar-refractivity contribution in [3.8, 4) is 5.75 Å². The molecule has 88 valence electrons. The molecule has 5 heteroatoms. The number of rotatable bonds is 3. The number of carbonyl (C=O) groups excluding carboxylic acids is 1. The summed E-state index contributed by atoms with van der Waals surface area (Å²) in [4.78, 5) is 11.1. The number of nitrogen functional groups attached to an aromatic ring is 1. The normalized spacial score (nSPS) is 12.2. The highest BCUT2D eigenvalue weighted by Gasteiger charge is 2.17. The molecule has 1 aromatic rings. The number of anilines is 1. The lowest BCUT2D eigenvalue weighted by atomic mass is 10.0. The molecule has 1 atom stereocenters. The van der Waals surface area contributed by atoms with E-state index in [1.54, 1.807) is 12.1 Å². The summed E-state index contributed by atoms with van der Waals surface area (Å²) < 4.78 is 4.51. The number of esters is 1. The van der Waals surface area contributed by atoms with Crippen molar-refractivity contribution in [2.75, 3.05) is 12.8 Å². The average Bonchev–Trinajstić information content (AvgIpc) is 2.22. The molecule has 0 aliphatic rings. The van der Waals surface area contributed by atoms with Crippen molar-refractivity contribution in [2.24, 2.45) is 5.73 Å². The van der Waals surface area contributed by atoms with Crippen LogP contribution in [0.4, 0.5) is 5.69 Å². The van der Waals surface area contributed by atoms with Gasteiger partial charge in [-0.05, 0) is 18.6 Å². The van der Waals surface area contributed by atoms with Crippen molar-refractivity contribution < 1.29 is 14.6 Å². The minimum Gasteiger partial charge on any atom is -0.505 e. The van der Waals surface area contributed by atoms with E-state index in [0.29, 0.717) is 5.56 Å². The largest absolute Gasteiger partial charge is 0.505 e. The van der Waals surface area contributed by atoms with Crippen molar-refractivity contribution >= 4 is 11.7 Å². The Morgan fingerprint density at radius 1 is 1.56 bits per heavy atom. The number of nitrogens with two attached hydrogens (primary N) is 2. The second-order valence-corrected chi connectivity index (χ2v) is 3.68. The summed E-state index contributed by atoms with van der Waals surface area (Å²) in [7, 11) is 1.29. The van der Waals surface area contributed by atoms with Crippen LogP contribution in [0.15, 0.2) is 12.1 Å². The summed E-state index contributed by atoms with van der Waals surface area (Å²) in [6.07, 6.45) is 0.00690. The second kappa shape index (κ2) is 4.85. The van der Waals surface area contributed by atoms with Crippen molar-refractivity contribution in [3.63, 3.8) is 0 Å². The molecule has 0 saturated carbocycles. The Bertz CT molecular complexity index is 404. The first-order valence-electron chi connectivity index (χ1n) is 4.87. The van der Waals surface area contributed by atoms with Gasteiger partial charge in [0, 0.05) is 11.6 Å². The minimum absolute atomic E-state index is 0.00690. The Morgan fingerprint density at radius 2 is 2.19 bits per heavy atom. The number of benzene rings is 1. The number of hydrogen-bond donors (Lipinski definition) is 3. The standard InChI is InChI=1S/C11H16N2O3/c1-6-3-7(11(15)9(13)4-6)8(12)5-10(14)16-2/h3-4,8,15H,5,12-13H2,1-2H3/t8-/m0/s1. The zero-order chi connectivity index (χ0) is 12.3. The van der Waals surface area contributed by atoms with E-state index in [4.69, 9.17) is 11.5 Å². The van der Waals surface area contributed by atoms with E-state index in [1.165, 1.54) is 7.11 Å². The van der Waals surface area contributed by atoms with Gasteiger partial charge in [0.05, 0.1) is 19.2 Å². The molecular weight excluding hydrogens is 208 g/mol. The van der Waals surface area contributed by atoms with Crippen LogP contribution in [0.25, 0.3) is 0 Å². The maximum absolute atomic E-state index is 11.1. The molecule has 0 unspecified atom stereocenters. The van der Waals surface area contributed by atoms with Gasteiger partial charge in [0.25, 0.3) is 0 Å². The van der Waals surface area contributed by atoms with Gasteiger partial charge in [0.2, 0.25) is 0 Å². The van der Waals surface area contributed by atoms with Gasteiger partial charge in [-0.3, -0.25) is 4.79 Å². The first kappa shape index (κ1) is 12.3. The third kappa shape index (κ3) is 2.64. The van der Waals surface area contributed by atoms with Crippen LogP contribution in [0.3, 0.4) is 0 Å². The van der Waals surface area contributed by atoms with E-state index in [1.807, 2.05) is 6.92 Å². The number of phenols is 1. The van der Waals surface area contributed by atoms with Crippen molar-refractivity contribution in [1.82, 2.24) is 0 Å². The first-order chi connectivity index (χ1) is 7.45. The summed E-state index contributed by atoms with van der Waals surface area (Å²) in [6, 6.07) is 2.73. The van der Waals surface area contributed by atoms with Crippen LogP contribution in [0.5, 0.6) is 5.75 Å². The van der Waals surface area contributed by atoms with Crippen LogP contribution in [-0.4, -0.2) is 18.2 Å². The van der Waals surface area contributed by atoms with E-state index in [-0.39, 0.29) is 17.9 Å². The van der Waals surface area contributed by atoms with Crippen molar-refractivity contribution in [1.29, 1.82) is 0 Å². The summed E-state index contributed by atoms with van der Waals surface area (Å²) in [5.41, 5.74) is 13.0. The van der Waals surface area contributed by atoms with E-state index in [9.17, 15) is 9.90 Å². The van der Waals surface area contributed by atoms with Crippen molar-refractivity contribution in [3.05, 3.63) is 23.3 Å². The van der Waals surface area contributed by atoms with Gasteiger partial charge >= 0.3 is 5.97 Å². The predicted octanol–water partition coefficient (Wildman–Crippen LogP) is 0.846. The lowest BCUT2D eigenvalue weighted by Crippen LogP contribution is -2.17. The fraction of sp³-hybridized carbons (Fsp3) is 0.364. The zero-order valence-electron chi connectivity index (χ0n) is 9.36. The fourth-order valence-electron chi connectivity index (χ4n) is 1.49. The molecule has 0 spiro atoms. The highest BCUT2D eigenvalue weighted by Crippen LogP contribution is 2.31. The van der Waals surface area contributed by atoms with E-state index < -0.39 is 12.0 Å². The SMILES string of the molecule is COC(=O)C[C@H](N)c1cc(C)cc(N)c1O. The Hall–Kier alpha value is -1.75. The number of phenolic OH excluding ortho intramolecular Hbond substituents is 1. The average molecular weight is 224 g/mol. The molecule has 1 rings (SSSR count). The molecule has 0 bridgehead atoms. The molecule has 1 aromatic carbocycles. The minimum atomic E-state index is -0.616. The van der Waals surface area contributed by atoms with Crippen LogP contribution in [-0.2, 0) is 9.53 Å². The van der Waals surface area contributed by atoms with Gasteiger partial charge in [-0.2, -0.15) is 0 Å². The van der Waals surface area contributed by atoms with E-state index in [0.717, 1.165) is 5.56 Å². The summed E-state index contributed by atoms with van der Waals surface area (Å²) in [5, 5.41) is 9.72. The molecular formula is C11H16N2O3. The number of aryl methyl sites for hydroxylation is 1. The smallest absolute Gasteiger partial charge is 0.307 e. The lowest BCUT2D eigenvalue weighted by Gasteiger charge is -2.14. The van der Waals surface area contributed by atoms with Crippen LogP contribution in [0.2, 0.25) is 0 Å². The summed E-state index contributed by atoms with van der Waals surface area (Å²) in [6.45, 7) is 1.84. The van der Waals surface area contributed by atoms with Crippen molar-refractivity contribution in [2.45, 2.75) is 19.4 Å². The van der Waals surface area contributed by atoms with Gasteiger partial charge in [-0.1, -0.05) is 6.07 Å². The van der Waals surface area contributed by atoms with E-state index >= 15 is 0 Å². The van der Waals surface area contributed by atoms with Crippen LogP contribution in [0.1, 0.15) is 23.6 Å². The molecule has 0 heterocycles. The highest BCUT2D eigenvalue weighted by atomic mass is 16.5. The predicted molar refractivity (Wildman–Crippen MR) is 60.8 cm³/mol. The van der Waals surface area contributed by atoms with Gasteiger partial charge in [0.15, 0.2) is 0 Å². The third-order valence-electron chi connectivity index (χ3n) is 2.33. The van der Waals surface area contributed by atoms with E-state index in [2.05, 4.69) is 4.74 Å². The second-order valence-electron chi connectivity index (χ2n) is 3.68. The number of methoxy groups -OCH3 is 1. The highest BCUT2D eigenvalue weighted by molar-refractivity contribution is 5.71. The maximum atomic E-state index is 11.1. The monoisotopic (exact) mass is 224 g/mol. The van der Waals surface area contributed by atoms with Gasteiger partial charge < -0.3 is 21.3 Å².